The number of hydrogen-bond acceptors (Lipinski definition) is 7. The molecule has 0 aliphatic carbocycles. The van der Waals surface area contributed by atoms with Crippen molar-refractivity contribution in [3.8, 4) is 23.3 Å². The molecule has 0 saturated heterocycles. The van der Waals surface area contributed by atoms with Crippen LogP contribution >= 0.6 is 11.6 Å². The fraction of sp³-hybridized carbons (Fsp3) is 0.222. The summed E-state index contributed by atoms with van der Waals surface area (Å²) in [5.74, 6) is -1.12. The number of esters is 2. The maximum Gasteiger partial charge on any atom is 0.341 e. The highest BCUT2D eigenvalue weighted by atomic mass is 35.5. The number of benzene rings is 1. The number of hydrogen-bond donors (Lipinski definition) is 0. The van der Waals surface area contributed by atoms with E-state index in [0.717, 1.165) is 11.3 Å². The van der Waals surface area contributed by atoms with Crippen molar-refractivity contribution in [2.45, 2.75) is 27.3 Å². The third-order valence-corrected chi connectivity index (χ3v) is 5.67. The second-order valence-corrected chi connectivity index (χ2v) is 7.95. The van der Waals surface area contributed by atoms with Crippen LogP contribution in [-0.2, 0) is 20.8 Å². The molecule has 0 aliphatic heterocycles. The van der Waals surface area contributed by atoms with Crippen molar-refractivity contribution >= 4 is 29.6 Å². The number of aromatic nitrogens is 2. The summed E-state index contributed by atoms with van der Waals surface area (Å²) in [4.78, 5) is 28.5. The highest BCUT2D eigenvalue weighted by molar-refractivity contribution is 6.32. The largest absolute Gasteiger partial charge is 0.463 e. The minimum Gasteiger partial charge on any atom is -0.463 e. The molecular weight excluding hydrogens is 480 g/mol. The lowest BCUT2D eigenvalue weighted by Gasteiger charge is -2.12. The molecule has 1 aromatic carbocycles. The molecule has 0 radical (unpaired) electrons. The lowest BCUT2D eigenvalue weighted by atomic mass is 10.00. The Bertz CT molecular complexity index is 1410. The lowest BCUT2D eigenvalue weighted by molar-refractivity contribution is -0.137. The smallest absolute Gasteiger partial charge is 0.341 e. The van der Waals surface area contributed by atoms with Crippen LogP contribution < -0.4 is 0 Å². The molecule has 0 fully saturated rings. The molecule has 182 valence electrons. The molecule has 0 amide bonds. The van der Waals surface area contributed by atoms with Crippen LogP contribution in [0.4, 0.5) is 0 Å². The maximum absolute atomic E-state index is 12.3. The van der Waals surface area contributed by atoms with Gasteiger partial charge in [-0.2, -0.15) is 10.5 Å². The Morgan fingerprint density at radius 2 is 1.81 bits per heavy atom. The molecule has 2 aromatic heterocycles. The van der Waals surface area contributed by atoms with Crippen LogP contribution in [-0.4, -0.2) is 34.7 Å². The van der Waals surface area contributed by atoms with Crippen molar-refractivity contribution in [3.63, 3.8) is 0 Å². The maximum atomic E-state index is 12.3. The van der Waals surface area contributed by atoms with Gasteiger partial charge in [-0.15, -0.1) is 0 Å². The van der Waals surface area contributed by atoms with Crippen molar-refractivity contribution < 1.29 is 19.1 Å². The Kier molecular flexibility index (Phi) is 8.61. The van der Waals surface area contributed by atoms with Crippen LogP contribution in [0.15, 0.2) is 42.6 Å². The summed E-state index contributed by atoms with van der Waals surface area (Å²) < 4.78 is 11.9. The molecule has 0 atom stereocenters. The third kappa shape index (κ3) is 5.63. The van der Waals surface area contributed by atoms with Gasteiger partial charge < -0.3 is 14.0 Å². The minimum atomic E-state index is -0.584. The molecule has 0 N–H and O–H groups in total. The van der Waals surface area contributed by atoms with E-state index >= 15 is 0 Å². The van der Waals surface area contributed by atoms with E-state index < -0.39 is 11.9 Å². The molecule has 0 aliphatic rings. The van der Waals surface area contributed by atoms with Crippen LogP contribution in [0.25, 0.3) is 17.2 Å². The predicted octanol–water partition coefficient (Wildman–Crippen LogP) is 5.06. The predicted molar refractivity (Wildman–Crippen MR) is 134 cm³/mol. The number of nitriles is 2. The molecule has 0 saturated carbocycles. The van der Waals surface area contributed by atoms with Crippen LogP contribution in [0.3, 0.4) is 0 Å². The van der Waals surface area contributed by atoms with Gasteiger partial charge in [0.15, 0.2) is 0 Å². The number of ether oxygens (including phenoxy) is 2. The first-order valence-corrected chi connectivity index (χ1v) is 11.5. The highest BCUT2D eigenvalue weighted by Gasteiger charge is 2.22. The van der Waals surface area contributed by atoms with Crippen LogP contribution in [0.5, 0.6) is 0 Å². The zero-order valence-electron chi connectivity index (χ0n) is 20.0. The summed E-state index contributed by atoms with van der Waals surface area (Å²) >= 11 is 6.12. The number of carbonyl (C=O) groups is 2. The molecule has 3 aromatic rings. The first kappa shape index (κ1) is 26.2. The van der Waals surface area contributed by atoms with Crippen LogP contribution in [0.2, 0.25) is 5.15 Å². The summed E-state index contributed by atoms with van der Waals surface area (Å²) in [6.45, 7) is 5.90. The Morgan fingerprint density at radius 1 is 1.11 bits per heavy atom. The number of halogens is 1. The van der Waals surface area contributed by atoms with Gasteiger partial charge in [0.2, 0.25) is 0 Å². The van der Waals surface area contributed by atoms with Crippen LogP contribution in [0, 0.1) is 29.6 Å². The minimum absolute atomic E-state index is 0.0276. The number of rotatable bonds is 8. The zero-order valence-corrected chi connectivity index (χ0v) is 20.8. The van der Waals surface area contributed by atoms with Gasteiger partial charge in [-0.3, -0.25) is 0 Å². The van der Waals surface area contributed by atoms with E-state index in [4.69, 9.17) is 26.3 Å². The Balaban J connectivity index is 2.17. The summed E-state index contributed by atoms with van der Waals surface area (Å²) in [6.07, 6.45) is 4.34. The van der Waals surface area contributed by atoms with E-state index in [9.17, 15) is 14.9 Å². The fourth-order valence-electron chi connectivity index (χ4n) is 3.76. The van der Waals surface area contributed by atoms with Crippen molar-refractivity contribution in [3.05, 3.63) is 81.4 Å². The van der Waals surface area contributed by atoms with E-state index in [2.05, 4.69) is 17.1 Å². The molecule has 2 heterocycles. The topological polar surface area (TPSA) is 118 Å². The first-order valence-electron chi connectivity index (χ1n) is 11.1. The van der Waals surface area contributed by atoms with Gasteiger partial charge in [-0.05, 0) is 56.2 Å². The summed E-state index contributed by atoms with van der Waals surface area (Å²) in [7, 11) is 0. The SMILES string of the molecule is CCOC(=O)C=Cc1c(C#N)c(-c2ccc(C#N)cc2)c(C)n1Cc1cnc(Cl)c(C(=O)OCC)c1. The molecule has 0 bridgehead atoms. The van der Waals surface area contributed by atoms with Gasteiger partial charge in [0, 0.05) is 30.1 Å². The number of nitrogens with zero attached hydrogens (tertiary/aromatic N) is 4. The Hall–Kier alpha value is -4.40. The number of pyridine rings is 1. The second kappa shape index (κ2) is 11.8. The van der Waals surface area contributed by atoms with Crippen molar-refractivity contribution in [2.24, 2.45) is 0 Å². The van der Waals surface area contributed by atoms with E-state index in [-0.39, 0.29) is 30.5 Å². The molecule has 8 nitrogen and oxygen atoms in total. The van der Waals surface area contributed by atoms with Gasteiger partial charge >= 0.3 is 11.9 Å². The van der Waals surface area contributed by atoms with Gasteiger partial charge in [-0.1, -0.05) is 23.7 Å². The van der Waals surface area contributed by atoms with Crippen molar-refractivity contribution in [1.82, 2.24) is 9.55 Å². The van der Waals surface area contributed by atoms with E-state index in [1.54, 1.807) is 44.2 Å². The average Bonchev–Trinajstić information content (AvgIpc) is 3.14. The number of carbonyl (C=O) groups excluding carboxylic acids is 2. The average molecular weight is 503 g/mol. The van der Waals surface area contributed by atoms with Gasteiger partial charge in [0.1, 0.15) is 11.2 Å². The quantitative estimate of drug-likeness (QED) is 0.240. The highest BCUT2D eigenvalue weighted by Crippen LogP contribution is 2.34. The standard InChI is InChI=1S/C27H23ClN4O4/c1-4-35-24(33)11-10-23-22(14-30)25(20-8-6-18(13-29)7-9-20)17(3)32(23)16-19-12-21(26(28)31-15-19)27(34)36-5-2/h6-12,15H,4-5,16H2,1-3H3. The van der Waals surface area contributed by atoms with Gasteiger partial charge in [0.05, 0.1) is 41.7 Å². The fourth-order valence-corrected chi connectivity index (χ4v) is 3.94. The second-order valence-electron chi connectivity index (χ2n) is 7.60. The third-order valence-electron chi connectivity index (χ3n) is 5.37. The van der Waals surface area contributed by atoms with E-state index in [0.29, 0.717) is 27.9 Å². The monoisotopic (exact) mass is 502 g/mol. The molecular formula is C27H23ClN4O4. The van der Waals surface area contributed by atoms with Gasteiger partial charge in [-0.25, -0.2) is 14.6 Å². The first-order chi connectivity index (χ1) is 17.3. The molecule has 0 spiro atoms. The molecule has 3 rings (SSSR count). The van der Waals surface area contributed by atoms with E-state index in [1.807, 2.05) is 11.5 Å². The van der Waals surface area contributed by atoms with Crippen molar-refractivity contribution in [1.29, 1.82) is 10.5 Å². The Labute approximate surface area is 214 Å². The van der Waals surface area contributed by atoms with Gasteiger partial charge in [0.25, 0.3) is 0 Å². The zero-order chi connectivity index (χ0) is 26.2. The summed E-state index contributed by atoms with van der Waals surface area (Å²) in [5, 5.41) is 19.3. The lowest BCUT2D eigenvalue weighted by Crippen LogP contribution is -2.10. The molecule has 9 heteroatoms. The molecule has 36 heavy (non-hydrogen) atoms. The normalized spacial score (nSPS) is 10.6. The molecule has 0 unspecified atom stereocenters. The van der Waals surface area contributed by atoms with E-state index in [1.165, 1.54) is 18.3 Å². The van der Waals surface area contributed by atoms with Crippen molar-refractivity contribution in [2.75, 3.05) is 13.2 Å². The summed E-state index contributed by atoms with van der Waals surface area (Å²) in [6, 6.07) is 12.8. The Morgan fingerprint density at radius 3 is 2.42 bits per heavy atom. The van der Waals surface area contributed by atoms with Crippen LogP contribution in [0.1, 0.15) is 52.3 Å². The summed E-state index contributed by atoms with van der Waals surface area (Å²) in [5.41, 5.74) is 4.26.